The molecule has 1 aliphatic rings. The summed E-state index contributed by atoms with van der Waals surface area (Å²) in [5.41, 5.74) is 6.80. The van der Waals surface area contributed by atoms with Gasteiger partial charge in [0, 0.05) is 6.07 Å². The molecule has 7 heteroatoms. The summed E-state index contributed by atoms with van der Waals surface area (Å²) >= 11 is 0. The second kappa shape index (κ2) is 7.01. The summed E-state index contributed by atoms with van der Waals surface area (Å²) in [6.07, 6.45) is 0. The number of aryl methyl sites for hydroxylation is 1. The van der Waals surface area contributed by atoms with Gasteiger partial charge in [-0.15, -0.1) is 0 Å². The molecule has 0 spiro atoms. The van der Waals surface area contributed by atoms with Crippen LogP contribution in [0.5, 0.6) is 17.2 Å². The normalized spacial score (nSPS) is 14.0. The summed E-state index contributed by atoms with van der Waals surface area (Å²) in [5.74, 6) is 1.40. The minimum absolute atomic E-state index is 0.180. The third-order valence-electron chi connectivity index (χ3n) is 4.46. The smallest absolute Gasteiger partial charge is 0.328 e. The molecular formula is C21H19NO6. The maximum atomic E-state index is 13.1. The van der Waals surface area contributed by atoms with Crippen LogP contribution in [0.3, 0.4) is 0 Å². The first kappa shape index (κ1) is 18.1. The van der Waals surface area contributed by atoms with E-state index < -0.39 is 12.0 Å². The van der Waals surface area contributed by atoms with E-state index in [0.29, 0.717) is 52.6 Å². The molecule has 2 N–H and O–H groups in total. The van der Waals surface area contributed by atoms with Crippen LogP contribution in [-0.4, -0.2) is 25.2 Å². The Balaban J connectivity index is 1.78. The standard InChI is InChI=1S/C21H19NO6/c1-11(22)21(24)28-14-4-5-15-17(10-14)27-12(2)19(20(15)23)13-3-6-16-18(9-13)26-8-7-25-16/h3-6,9-11H,7-8,22H2,1-2H3/t11-/m0/s1. The lowest BCUT2D eigenvalue weighted by molar-refractivity contribution is -0.135. The van der Waals surface area contributed by atoms with E-state index in [1.807, 2.05) is 0 Å². The van der Waals surface area contributed by atoms with Crippen LogP contribution in [0.1, 0.15) is 12.7 Å². The largest absolute Gasteiger partial charge is 0.486 e. The molecule has 4 rings (SSSR count). The van der Waals surface area contributed by atoms with E-state index in [2.05, 4.69) is 0 Å². The van der Waals surface area contributed by atoms with Crippen molar-refractivity contribution >= 4 is 16.9 Å². The van der Waals surface area contributed by atoms with Gasteiger partial charge in [0.05, 0.1) is 10.9 Å². The van der Waals surface area contributed by atoms with Gasteiger partial charge in [0.2, 0.25) is 5.43 Å². The number of carbonyl (C=O) groups excluding carboxylic acids is 1. The van der Waals surface area contributed by atoms with E-state index in [4.69, 9.17) is 24.4 Å². The zero-order valence-electron chi connectivity index (χ0n) is 15.5. The molecule has 2 aromatic carbocycles. The van der Waals surface area contributed by atoms with Gasteiger partial charge in [-0.1, -0.05) is 6.07 Å². The summed E-state index contributed by atoms with van der Waals surface area (Å²) < 4.78 is 22.2. The van der Waals surface area contributed by atoms with Gasteiger partial charge in [-0.3, -0.25) is 4.79 Å². The number of esters is 1. The first-order valence-corrected chi connectivity index (χ1v) is 8.89. The summed E-state index contributed by atoms with van der Waals surface area (Å²) in [7, 11) is 0. The predicted molar refractivity (Wildman–Crippen MR) is 103 cm³/mol. The van der Waals surface area contributed by atoms with E-state index >= 15 is 0 Å². The Morgan fingerprint density at radius 3 is 2.61 bits per heavy atom. The Kier molecular flexibility index (Phi) is 4.52. The van der Waals surface area contributed by atoms with Gasteiger partial charge < -0.3 is 24.4 Å². The molecule has 1 aromatic heterocycles. The van der Waals surface area contributed by atoms with E-state index in [9.17, 15) is 9.59 Å². The lowest BCUT2D eigenvalue weighted by atomic mass is 10.0. The minimum atomic E-state index is -0.748. The highest BCUT2D eigenvalue weighted by atomic mass is 16.6. The SMILES string of the molecule is Cc1oc2cc(OC(=O)[C@H](C)N)ccc2c(=O)c1-c1ccc2c(c1)OCCO2. The van der Waals surface area contributed by atoms with Gasteiger partial charge in [-0.25, -0.2) is 4.79 Å². The van der Waals surface area contributed by atoms with Gasteiger partial charge in [0.1, 0.15) is 36.3 Å². The summed E-state index contributed by atoms with van der Waals surface area (Å²) in [4.78, 5) is 24.8. The fraction of sp³-hybridized carbons (Fsp3) is 0.238. The van der Waals surface area contributed by atoms with Crippen molar-refractivity contribution in [2.75, 3.05) is 13.2 Å². The summed E-state index contributed by atoms with van der Waals surface area (Å²) in [6.45, 7) is 4.21. The molecule has 0 radical (unpaired) electrons. The number of nitrogens with two attached hydrogens (primary N) is 1. The Labute approximate surface area is 160 Å². The Morgan fingerprint density at radius 2 is 1.86 bits per heavy atom. The van der Waals surface area contributed by atoms with Crippen LogP contribution in [0.4, 0.5) is 0 Å². The number of benzene rings is 2. The van der Waals surface area contributed by atoms with Gasteiger partial charge in [-0.2, -0.15) is 0 Å². The van der Waals surface area contributed by atoms with Gasteiger partial charge >= 0.3 is 5.97 Å². The molecule has 0 bridgehead atoms. The molecule has 2 heterocycles. The van der Waals surface area contributed by atoms with Crippen LogP contribution in [0, 0.1) is 6.92 Å². The van der Waals surface area contributed by atoms with Crippen molar-refractivity contribution in [3.63, 3.8) is 0 Å². The fourth-order valence-corrected chi connectivity index (χ4v) is 3.09. The van der Waals surface area contributed by atoms with E-state index in [1.165, 1.54) is 13.0 Å². The molecule has 0 fully saturated rings. The van der Waals surface area contributed by atoms with Crippen molar-refractivity contribution in [3.8, 4) is 28.4 Å². The molecule has 1 atom stereocenters. The molecule has 0 aliphatic carbocycles. The van der Waals surface area contributed by atoms with Crippen LogP contribution in [-0.2, 0) is 4.79 Å². The van der Waals surface area contributed by atoms with E-state index in [-0.39, 0.29) is 11.2 Å². The number of hydrogen-bond donors (Lipinski definition) is 1. The van der Waals surface area contributed by atoms with Gasteiger partial charge in [0.15, 0.2) is 11.5 Å². The van der Waals surface area contributed by atoms with Crippen LogP contribution < -0.4 is 25.4 Å². The quantitative estimate of drug-likeness (QED) is 0.550. The summed E-state index contributed by atoms with van der Waals surface area (Å²) in [5, 5.41) is 0.385. The molecule has 1 aliphatic heterocycles. The van der Waals surface area contributed by atoms with E-state index in [0.717, 1.165) is 0 Å². The maximum Gasteiger partial charge on any atom is 0.328 e. The number of hydrogen-bond acceptors (Lipinski definition) is 7. The minimum Gasteiger partial charge on any atom is -0.486 e. The Bertz CT molecular complexity index is 1130. The van der Waals surface area contributed by atoms with Crippen molar-refractivity contribution in [3.05, 3.63) is 52.4 Å². The molecule has 7 nitrogen and oxygen atoms in total. The van der Waals surface area contributed by atoms with Crippen LogP contribution in [0.15, 0.2) is 45.6 Å². The highest BCUT2D eigenvalue weighted by molar-refractivity contribution is 5.85. The molecular weight excluding hydrogens is 362 g/mol. The lowest BCUT2D eigenvalue weighted by Crippen LogP contribution is -2.30. The van der Waals surface area contributed by atoms with Crippen molar-refractivity contribution in [1.29, 1.82) is 0 Å². The van der Waals surface area contributed by atoms with Gasteiger partial charge in [0.25, 0.3) is 0 Å². The average molecular weight is 381 g/mol. The van der Waals surface area contributed by atoms with Crippen LogP contribution in [0.25, 0.3) is 22.1 Å². The highest BCUT2D eigenvalue weighted by Crippen LogP contribution is 2.35. The summed E-state index contributed by atoms with van der Waals surface area (Å²) in [6, 6.07) is 9.24. The molecule has 0 unspecified atom stereocenters. The Morgan fingerprint density at radius 1 is 1.11 bits per heavy atom. The zero-order valence-corrected chi connectivity index (χ0v) is 15.5. The van der Waals surface area contributed by atoms with Crippen molar-refractivity contribution in [1.82, 2.24) is 0 Å². The molecule has 0 amide bonds. The third-order valence-corrected chi connectivity index (χ3v) is 4.46. The number of fused-ring (bicyclic) bond motifs is 2. The van der Waals surface area contributed by atoms with E-state index in [1.54, 1.807) is 37.3 Å². The van der Waals surface area contributed by atoms with Crippen molar-refractivity contribution in [2.24, 2.45) is 5.73 Å². The number of rotatable bonds is 3. The fourth-order valence-electron chi connectivity index (χ4n) is 3.09. The average Bonchev–Trinajstić information content (AvgIpc) is 2.67. The first-order chi connectivity index (χ1) is 13.4. The monoisotopic (exact) mass is 381 g/mol. The Hall–Kier alpha value is -3.32. The molecule has 28 heavy (non-hydrogen) atoms. The van der Waals surface area contributed by atoms with Crippen LogP contribution >= 0.6 is 0 Å². The second-order valence-corrected chi connectivity index (χ2v) is 6.59. The second-order valence-electron chi connectivity index (χ2n) is 6.59. The predicted octanol–water partition coefficient (Wildman–Crippen LogP) is 2.79. The van der Waals surface area contributed by atoms with Crippen molar-refractivity contribution < 1.29 is 23.4 Å². The maximum absolute atomic E-state index is 13.1. The van der Waals surface area contributed by atoms with Crippen LogP contribution in [0.2, 0.25) is 0 Å². The van der Waals surface area contributed by atoms with Crippen molar-refractivity contribution in [2.45, 2.75) is 19.9 Å². The number of ether oxygens (including phenoxy) is 3. The lowest BCUT2D eigenvalue weighted by Gasteiger charge is -2.19. The molecule has 144 valence electrons. The topological polar surface area (TPSA) is 101 Å². The molecule has 0 saturated carbocycles. The highest BCUT2D eigenvalue weighted by Gasteiger charge is 2.18. The zero-order chi connectivity index (χ0) is 19.8. The third kappa shape index (κ3) is 3.20. The molecule has 3 aromatic rings. The first-order valence-electron chi connectivity index (χ1n) is 8.89. The molecule has 0 saturated heterocycles. The van der Waals surface area contributed by atoms with Gasteiger partial charge in [-0.05, 0) is 43.7 Å². The number of carbonyl (C=O) groups is 1.